The maximum Gasteiger partial charge on any atom is 0.323 e. The van der Waals surface area contributed by atoms with Gasteiger partial charge in [0.1, 0.15) is 17.5 Å². The van der Waals surface area contributed by atoms with Crippen LogP contribution in [0.3, 0.4) is 0 Å². The number of aromatic hydroxyl groups is 2. The SMILES string of the molecule is CCOC(=O)C(N)Cc1c[nH]c2c1C(=O)c1c(c(O)c3ccccc3c1O)C2=O. The first kappa shape index (κ1) is 18.7. The van der Waals surface area contributed by atoms with Gasteiger partial charge in [-0.05, 0) is 12.5 Å². The summed E-state index contributed by atoms with van der Waals surface area (Å²) in [4.78, 5) is 40.8. The molecule has 5 N–H and O–H groups in total. The number of hydrogen-bond donors (Lipinski definition) is 4. The van der Waals surface area contributed by atoms with E-state index in [0.29, 0.717) is 5.56 Å². The number of carbonyl (C=O) groups is 3. The fourth-order valence-electron chi connectivity index (χ4n) is 3.73. The molecule has 0 spiro atoms. The number of esters is 1. The summed E-state index contributed by atoms with van der Waals surface area (Å²) in [5.74, 6) is -2.61. The largest absolute Gasteiger partial charge is 0.506 e. The number of aromatic nitrogens is 1. The smallest absolute Gasteiger partial charge is 0.323 e. The average molecular weight is 394 g/mol. The Morgan fingerprint density at radius 1 is 1.07 bits per heavy atom. The summed E-state index contributed by atoms with van der Waals surface area (Å²) >= 11 is 0. The van der Waals surface area contributed by atoms with Crippen LogP contribution in [0.5, 0.6) is 11.5 Å². The molecule has 0 amide bonds. The molecule has 1 aliphatic carbocycles. The third kappa shape index (κ3) is 2.68. The van der Waals surface area contributed by atoms with Crippen molar-refractivity contribution < 1.29 is 29.3 Å². The van der Waals surface area contributed by atoms with E-state index in [1.54, 1.807) is 31.2 Å². The van der Waals surface area contributed by atoms with Gasteiger partial charge in [-0.1, -0.05) is 24.3 Å². The lowest BCUT2D eigenvalue weighted by Crippen LogP contribution is -2.35. The number of nitrogens with one attached hydrogen (secondary N) is 1. The highest BCUT2D eigenvalue weighted by atomic mass is 16.5. The number of hydrogen-bond acceptors (Lipinski definition) is 7. The Bertz CT molecular complexity index is 1190. The monoisotopic (exact) mass is 394 g/mol. The van der Waals surface area contributed by atoms with Gasteiger partial charge in [-0.15, -0.1) is 0 Å². The van der Waals surface area contributed by atoms with Crippen LogP contribution >= 0.6 is 0 Å². The van der Waals surface area contributed by atoms with Crippen LogP contribution in [0.2, 0.25) is 0 Å². The summed E-state index contributed by atoms with van der Waals surface area (Å²) in [6.07, 6.45) is 1.40. The van der Waals surface area contributed by atoms with E-state index in [1.807, 2.05) is 0 Å². The van der Waals surface area contributed by atoms with Crippen molar-refractivity contribution in [2.45, 2.75) is 19.4 Å². The average Bonchev–Trinajstić information content (AvgIpc) is 3.13. The molecule has 0 saturated carbocycles. The summed E-state index contributed by atoms with van der Waals surface area (Å²) in [5.41, 5.74) is 5.73. The van der Waals surface area contributed by atoms with Gasteiger partial charge in [-0.2, -0.15) is 0 Å². The van der Waals surface area contributed by atoms with E-state index in [0.717, 1.165) is 0 Å². The van der Waals surface area contributed by atoms with Crippen molar-refractivity contribution >= 4 is 28.3 Å². The molecule has 1 aromatic heterocycles. The molecule has 0 bridgehead atoms. The summed E-state index contributed by atoms with van der Waals surface area (Å²) in [6, 6.07) is 5.38. The van der Waals surface area contributed by atoms with Crippen molar-refractivity contribution in [2.75, 3.05) is 6.61 Å². The fraction of sp³-hybridized carbons (Fsp3) is 0.190. The number of nitrogens with two attached hydrogens (primary N) is 1. The number of carbonyl (C=O) groups excluding carboxylic acids is 3. The van der Waals surface area contributed by atoms with Crippen LogP contribution in [0.1, 0.15) is 44.5 Å². The summed E-state index contributed by atoms with van der Waals surface area (Å²) in [5, 5.41) is 21.9. The van der Waals surface area contributed by atoms with Crippen LogP contribution in [0.4, 0.5) is 0 Å². The second-order valence-electron chi connectivity index (χ2n) is 6.78. The molecule has 1 heterocycles. The van der Waals surface area contributed by atoms with Crippen molar-refractivity contribution in [1.82, 2.24) is 4.98 Å². The zero-order valence-corrected chi connectivity index (χ0v) is 15.5. The normalized spacial score (nSPS) is 13.9. The number of H-pyrrole nitrogens is 1. The first-order valence-electron chi connectivity index (χ1n) is 9.05. The van der Waals surface area contributed by atoms with Gasteiger partial charge in [0.05, 0.1) is 29.0 Å². The number of phenolic OH excluding ortho intramolecular Hbond substituents is 2. The molecular formula is C21H18N2O6. The molecular weight excluding hydrogens is 376 g/mol. The van der Waals surface area contributed by atoms with Gasteiger partial charge < -0.3 is 25.7 Å². The van der Waals surface area contributed by atoms with Crippen molar-refractivity contribution in [3.05, 3.63) is 58.4 Å². The molecule has 29 heavy (non-hydrogen) atoms. The molecule has 1 aliphatic rings. The predicted molar refractivity (Wildman–Crippen MR) is 103 cm³/mol. The van der Waals surface area contributed by atoms with Crippen molar-refractivity contribution in [1.29, 1.82) is 0 Å². The number of ether oxygens (including phenoxy) is 1. The van der Waals surface area contributed by atoms with Gasteiger partial charge in [0.25, 0.3) is 0 Å². The third-order valence-electron chi connectivity index (χ3n) is 5.06. The molecule has 1 unspecified atom stereocenters. The highest BCUT2D eigenvalue weighted by Gasteiger charge is 2.39. The highest BCUT2D eigenvalue weighted by molar-refractivity contribution is 6.32. The minimum atomic E-state index is -1.02. The van der Waals surface area contributed by atoms with E-state index in [-0.39, 0.29) is 57.7 Å². The van der Waals surface area contributed by atoms with Crippen LogP contribution in [0.15, 0.2) is 30.5 Å². The summed E-state index contributed by atoms with van der Waals surface area (Å²) in [6.45, 7) is 1.82. The lowest BCUT2D eigenvalue weighted by molar-refractivity contribution is -0.144. The van der Waals surface area contributed by atoms with E-state index < -0.39 is 23.6 Å². The minimum absolute atomic E-state index is 0.0152. The van der Waals surface area contributed by atoms with E-state index in [4.69, 9.17) is 10.5 Å². The highest BCUT2D eigenvalue weighted by Crippen LogP contribution is 2.44. The fourth-order valence-corrected chi connectivity index (χ4v) is 3.73. The van der Waals surface area contributed by atoms with Crippen LogP contribution in [-0.4, -0.2) is 45.4 Å². The summed E-state index contributed by atoms with van der Waals surface area (Å²) in [7, 11) is 0. The van der Waals surface area contributed by atoms with Crippen molar-refractivity contribution in [2.24, 2.45) is 5.73 Å². The van der Waals surface area contributed by atoms with E-state index in [2.05, 4.69) is 4.98 Å². The first-order chi connectivity index (χ1) is 13.9. The first-order valence-corrected chi connectivity index (χ1v) is 9.05. The van der Waals surface area contributed by atoms with Crippen LogP contribution in [0, 0.1) is 0 Å². The molecule has 2 aromatic carbocycles. The number of fused-ring (bicyclic) bond motifs is 3. The van der Waals surface area contributed by atoms with Crippen molar-refractivity contribution in [3.63, 3.8) is 0 Å². The van der Waals surface area contributed by atoms with Crippen molar-refractivity contribution in [3.8, 4) is 11.5 Å². The number of rotatable bonds is 4. The Labute approximate surface area is 164 Å². The molecule has 148 valence electrons. The second kappa shape index (κ2) is 6.75. The topological polar surface area (TPSA) is 143 Å². The number of benzene rings is 2. The van der Waals surface area contributed by atoms with E-state index in [9.17, 15) is 24.6 Å². The molecule has 0 aliphatic heterocycles. The van der Waals surface area contributed by atoms with Gasteiger partial charge >= 0.3 is 5.97 Å². The number of ketones is 2. The lowest BCUT2D eigenvalue weighted by atomic mass is 9.82. The standard InChI is InChI=1S/C21H18N2O6/c1-2-29-21(28)12(22)7-9-8-23-16-13(9)19(26)14-15(20(16)27)18(25)11-6-4-3-5-10(11)17(14)24/h3-6,8,12,23-25H,2,7,22H2,1H3. The maximum absolute atomic E-state index is 13.2. The van der Waals surface area contributed by atoms with E-state index >= 15 is 0 Å². The molecule has 0 saturated heterocycles. The van der Waals surface area contributed by atoms with Gasteiger partial charge in [-0.3, -0.25) is 14.4 Å². The lowest BCUT2D eigenvalue weighted by Gasteiger charge is -2.20. The van der Waals surface area contributed by atoms with Crippen LogP contribution < -0.4 is 5.73 Å². The Kier molecular flexibility index (Phi) is 4.35. The second-order valence-corrected chi connectivity index (χ2v) is 6.78. The maximum atomic E-state index is 13.2. The van der Waals surface area contributed by atoms with Gasteiger partial charge in [0.2, 0.25) is 5.78 Å². The quantitative estimate of drug-likeness (QED) is 0.305. The Morgan fingerprint density at radius 3 is 2.24 bits per heavy atom. The molecule has 4 rings (SSSR count). The zero-order chi connectivity index (χ0) is 20.9. The molecule has 8 heteroatoms. The molecule has 0 fully saturated rings. The Balaban J connectivity index is 1.86. The molecule has 3 aromatic rings. The molecule has 8 nitrogen and oxygen atoms in total. The van der Waals surface area contributed by atoms with Gasteiger partial charge in [0, 0.05) is 23.4 Å². The third-order valence-corrected chi connectivity index (χ3v) is 5.06. The predicted octanol–water partition coefficient (Wildman–Crippen LogP) is 1.79. The number of aromatic amines is 1. The summed E-state index contributed by atoms with van der Waals surface area (Å²) < 4.78 is 4.88. The minimum Gasteiger partial charge on any atom is -0.506 e. The van der Waals surface area contributed by atoms with Gasteiger partial charge in [-0.25, -0.2) is 0 Å². The molecule has 1 atom stereocenters. The molecule has 0 radical (unpaired) electrons. The van der Waals surface area contributed by atoms with Crippen LogP contribution in [0.25, 0.3) is 10.8 Å². The Morgan fingerprint density at radius 2 is 1.66 bits per heavy atom. The van der Waals surface area contributed by atoms with Crippen LogP contribution in [-0.2, 0) is 16.0 Å². The van der Waals surface area contributed by atoms with E-state index in [1.165, 1.54) is 6.20 Å². The Hall–Kier alpha value is -3.65. The number of phenols is 2. The van der Waals surface area contributed by atoms with Gasteiger partial charge in [0.15, 0.2) is 5.78 Å². The zero-order valence-electron chi connectivity index (χ0n) is 15.5.